The van der Waals surface area contributed by atoms with Crippen LogP contribution in [-0.4, -0.2) is 47.2 Å². The monoisotopic (exact) mass is 354 g/mol. The first-order chi connectivity index (χ1) is 11.1. The molecular weight excluding hydrogens is 339 g/mol. The van der Waals surface area contributed by atoms with Gasteiger partial charge in [-0.15, -0.1) is 5.10 Å². The van der Waals surface area contributed by atoms with Gasteiger partial charge >= 0.3 is 6.01 Å². The van der Waals surface area contributed by atoms with Crippen LogP contribution < -0.4 is 4.90 Å². The molecule has 0 unspecified atom stereocenters. The molecule has 1 aliphatic rings. The number of nitrogens with zero attached hydrogens (tertiary/aromatic N) is 4. The molecule has 1 amide bonds. The van der Waals surface area contributed by atoms with Crippen molar-refractivity contribution in [2.45, 2.75) is 13.3 Å². The third kappa shape index (κ3) is 3.43. The summed E-state index contributed by atoms with van der Waals surface area (Å²) in [7, 11) is 0. The summed E-state index contributed by atoms with van der Waals surface area (Å²) >= 11 is 12.0. The van der Waals surface area contributed by atoms with Crippen LogP contribution in [0.2, 0.25) is 10.0 Å². The lowest BCUT2D eigenvalue weighted by Crippen LogP contribution is -2.49. The summed E-state index contributed by atoms with van der Waals surface area (Å²) in [5.74, 6) is 0.526. The van der Waals surface area contributed by atoms with Gasteiger partial charge in [0.05, 0.1) is 10.6 Å². The van der Waals surface area contributed by atoms with Gasteiger partial charge in [0.1, 0.15) is 0 Å². The van der Waals surface area contributed by atoms with Crippen LogP contribution in [0.15, 0.2) is 22.6 Å². The maximum atomic E-state index is 12.6. The SMILES string of the molecule is CCc1nnc(N2CCN(C(=O)c3ccc(Cl)cc3Cl)CC2)o1. The normalized spacial score (nSPS) is 15.1. The Hall–Kier alpha value is -1.79. The van der Waals surface area contributed by atoms with Crippen LogP contribution in [0.1, 0.15) is 23.2 Å². The average Bonchev–Trinajstić information content (AvgIpc) is 3.03. The number of halogens is 2. The van der Waals surface area contributed by atoms with Gasteiger partial charge in [-0.2, -0.15) is 0 Å². The van der Waals surface area contributed by atoms with Crippen molar-refractivity contribution in [1.82, 2.24) is 15.1 Å². The molecular formula is C15H16Cl2N4O2. The van der Waals surface area contributed by atoms with E-state index in [0.717, 1.165) is 0 Å². The second-order valence-electron chi connectivity index (χ2n) is 5.24. The molecule has 0 atom stereocenters. The number of hydrogen-bond donors (Lipinski definition) is 0. The predicted octanol–water partition coefficient (Wildman–Crippen LogP) is 2.90. The molecule has 1 aromatic carbocycles. The highest BCUT2D eigenvalue weighted by Gasteiger charge is 2.25. The van der Waals surface area contributed by atoms with Gasteiger partial charge in [0.15, 0.2) is 0 Å². The Bertz CT molecular complexity index is 711. The van der Waals surface area contributed by atoms with Crippen molar-refractivity contribution in [2.24, 2.45) is 0 Å². The van der Waals surface area contributed by atoms with E-state index in [-0.39, 0.29) is 5.91 Å². The van der Waals surface area contributed by atoms with Gasteiger partial charge in [0, 0.05) is 37.6 Å². The summed E-state index contributed by atoms with van der Waals surface area (Å²) in [6.45, 7) is 4.39. The molecule has 0 aliphatic carbocycles. The summed E-state index contributed by atoms with van der Waals surface area (Å²) in [5.41, 5.74) is 0.468. The third-order valence-corrected chi connectivity index (χ3v) is 4.31. The van der Waals surface area contributed by atoms with Crippen molar-refractivity contribution in [1.29, 1.82) is 0 Å². The first-order valence-corrected chi connectivity index (χ1v) is 8.15. The minimum absolute atomic E-state index is 0.0916. The van der Waals surface area contributed by atoms with Gasteiger partial charge in [0.2, 0.25) is 5.89 Å². The summed E-state index contributed by atoms with van der Waals surface area (Å²) in [5, 5.41) is 8.88. The Morgan fingerprint density at radius 3 is 2.57 bits per heavy atom. The molecule has 0 saturated carbocycles. The van der Waals surface area contributed by atoms with Crippen molar-refractivity contribution in [3.05, 3.63) is 39.7 Å². The van der Waals surface area contributed by atoms with Crippen LogP contribution in [0.5, 0.6) is 0 Å². The topological polar surface area (TPSA) is 62.5 Å². The number of hydrogen-bond acceptors (Lipinski definition) is 5. The van der Waals surface area contributed by atoms with E-state index in [1.54, 1.807) is 23.1 Å². The second kappa shape index (κ2) is 6.76. The summed E-state index contributed by atoms with van der Waals surface area (Å²) in [6, 6.07) is 5.42. The van der Waals surface area contributed by atoms with Crippen molar-refractivity contribution < 1.29 is 9.21 Å². The number of piperazine rings is 1. The first kappa shape index (κ1) is 16.1. The maximum absolute atomic E-state index is 12.6. The number of aryl methyl sites for hydroxylation is 1. The number of carbonyl (C=O) groups excluding carboxylic acids is 1. The first-order valence-electron chi connectivity index (χ1n) is 7.40. The molecule has 8 heteroatoms. The molecule has 0 radical (unpaired) electrons. The van der Waals surface area contributed by atoms with E-state index in [1.807, 2.05) is 11.8 Å². The summed E-state index contributed by atoms with van der Waals surface area (Å²) in [6.07, 6.45) is 0.709. The average molecular weight is 355 g/mol. The van der Waals surface area contributed by atoms with E-state index >= 15 is 0 Å². The highest BCUT2D eigenvalue weighted by molar-refractivity contribution is 6.36. The Morgan fingerprint density at radius 1 is 1.22 bits per heavy atom. The van der Waals surface area contributed by atoms with Crippen LogP contribution in [0.4, 0.5) is 6.01 Å². The van der Waals surface area contributed by atoms with Crippen molar-refractivity contribution >= 4 is 35.1 Å². The minimum atomic E-state index is -0.0916. The zero-order valence-corrected chi connectivity index (χ0v) is 14.1. The molecule has 1 aliphatic heterocycles. The molecule has 23 heavy (non-hydrogen) atoms. The lowest BCUT2D eigenvalue weighted by Gasteiger charge is -2.33. The Labute approximate surface area is 144 Å². The maximum Gasteiger partial charge on any atom is 0.318 e. The molecule has 1 aromatic heterocycles. The van der Waals surface area contributed by atoms with Gasteiger partial charge in [0.25, 0.3) is 5.91 Å². The zero-order valence-electron chi connectivity index (χ0n) is 12.6. The molecule has 1 saturated heterocycles. The van der Waals surface area contributed by atoms with Gasteiger partial charge < -0.3 is 14.2 Å². The number of rotatable bonds is 3. The zero-order chi connectivity index (χ0) is 16.4. The largest absolute Gasteiger partial charge is 0.408 e. The van der Waals surface area contributed by atoms with E-state index in [0.29, 0.717) is 60.1 Å². The van der Waals surface area contributed by atoms with Crippen molar-refractivity contribution in [3.8, 4) is 0 Å². The molecule has 3 rings (SSSR count). The summed E-state index contributed by atoms with van der Waals surface area (Å²) in [4.78, 5) is 16.3. The molecule has 2 aromatic rings. The smallest absolute Gasteiger partial charge is 0.318 e. The molecule has 0 bridgehead atoms. The number of benzene rings is 1. The van der Waals surface area contributed by atoms with Crippen LogP contribution >= 0.6 is 23.2 Å². The molecule has 0 spiro atoms. The number of anilines is 1. The minimum Gasteiger partial charge on any atom is -0.408 e. The van der Waals surface area contributed by atoms with Gasteiger partial charge in [-0.05, 0) is 18.2 Å². The molecule has 2 heterocycles. The van der Waals surface area contributed by atoms with Gasteiger partial charge in [-0.25, -0.2) is 0 Å². The van der Waals surface area contributed by atoms with Crippen molar-refractivity contribution in [2.75, 3.05) is 31.1 Å². The van der Waals surface area contributed by atoms with Crippen LogP contribution in [0.3, 0.4) is 0 Å². The third-order valence-electron chi connectivity index (χ3n) is 3.76. The van der Waals surface area contributed by atoms with Crippen LogP contribution in [0.25, 0.3) is 0 Å². The van der Waals surface area contributed by atoms with Crippen molar-refractivity contribution in [3.63, 3.8) is 0 Å². The Balaban J connectivity index is 1.65. The molecule has 1 fully saturated rings. The lowest BCUT2D eigenvalue weighted by atomic mass is 10.2. The van der Waals surface area contributed by atoms with Gasteiger partial charge in [-0.3, -0.25) is 4.79 Å². The van der Waals surface area contributed by atoms with E-state index in [2.05, 4.69) is 10.2 Å². The summed E-state index contributed by atoms with van der Waals surface area (Å²) < 4.78 is 5.55. The van der Waals surface area contributed by atoms with E-state index < -0.39 is 0 Å². The molecule has 122 valence electrons. The predicted molar refractivity (Wildman–Crippen MR) is 88.3 cm³/mol. The fraction of sp³-hybridized carbons (Fsp3) is 0.400. The van der Waals surface area contributed by atoms with E-state index in [4.69, 9.17) is 27.6 Å². The van der Waals surface area contributed by atoms with Crippen LogP contribution in [-0.2, 0) is 6.42 Å². The van der Waals surface area contributed by atoms with E-state index in [1.165, 1.54) is 0 Å². The molecule has 6 nitrogen and oxygen atoms in total. The highest BCUT2D eigenvalue weighted by atomic mass is 35.5. The Morgan fingerprint density at radius 2 is 1.96 bits per heavy atom. The van der Waals surface area contributed by atoms with E-state index in [9.17, 15) is 4.79 Å². The van der Waals surface area contributed by atoms with Crippen LogP contribution in [0, 0.1) is 0 Å². The van der Waals surface area contributed by atoms with Gasteiger partial charge in [-0.1, -0.05) is 35.2 Å². The number of amides is 1. The number of aromatic nitrogens is 2. The second-order valence-corrected chi connectivity index (χ2v) is 6.08. The Kier molecular flexibility index (Phi) is 4.73. The standard InChI is InChI=1S/C15H16Cl2N4O2/c1-2-13-18-19-15(23-13)21-7-5-20(6-8-21)14(22)11-4-3-10(16)9-12(11)17/h3-4,9H,2,5-8H2,1H3. The fourth-order valence-corrected chi connectivity index (χ4v) is 2.94. The molecule has 0 N–H and O–H groups in total. The number of carbonyl (C=O) groups is 1. The highest BCUT2D eigenvalue weighted by Crippen LogP contribution is 2.23. The quantitative estimate of drug-likeness (QED) is 0.847. The lowest BCUT2D eigenvalue weighted by molar-refractivity contribution is 0.0745. The fourth-order valence-electron chi connectivity index (χ4n) is 2.45.